The first kappa shape index (κ1) is 24.6. The molecule has 5 fully saturated rings. The van der Waals surface area contributed by atoms with Crippen molar-refractivity contribution in [3.05, 3.63) is 47.4 Å². The van der Waals surface area contributed by atoms with E-state index in [-0.39, 0.29) is 53.1 Å². The van der Waals surface area contributed by atoms with Gasteiger partial charge in [-0.15, -0.1) is 0 Å². The SMILES string of the molecule is O=C(NC1C[C@H]2CC[C@@H](C1)N2S(=O)(=O)CC1[C@H]2CN(Cc3ccc(F)cn3)C[C@@H]12)c1cc(C2COC2)on1. The number of nitrogens with one attached hydrogen (secondary N) is 1. The Bertz CT molecular complexity index is 1290. The van der Waals surface area contributed by atoms with Gasteiger partial charge in [-0.1, -0.05) is 5.16 Å². The van der Waals surface area contributed by atoms with Crippen LogP contribution in [-0.4, -0.2) is 83.9 Å². The highest BCUT2D eigenvalue weighted by Gasteiger charge is 2.58. The number of aromatic nitrogens is 2. The van der Waals surface area contributed by atoms with Crippen LogP contribution >= 0.6 is 0 Å². The Morgan fingerprint density at radius 3 is 2.50 bits per heavy atom. The van der Waals surface area contributed by atoms with Gasteiger partial charge in [0.25, 0.3) is 5.91 Å². The largest absolute Gasteiger partial charge is 0.380 e. The van der Waals surface area contributed by atoms with Gasteiger partial charge in [-0.2, -0.15) is 4.31 Å². The zero-order chi connectivity index (χ0) is 26.0. The molecule has 1 amide bonds. The number of piperidine rings is 2. The van der Waals surface area contributed by atoms with Crippen LogP contribution in [0.25, 0.3) is 0 Å². The van der Waals surface area contributed by atoms with Crippen molar-refractivity contribution in [3.63, 3.8) is 0 Å². The summed E-state index contributed by atoms with van der Waals surface area (Å²) in [4.78, 5) is 19.2. The van der Waals surface area contributed by atoms with E-state index in [0.717, 1.165) is 31.6 Å². The van der Waals surface area contributed by atoms with Gasteiger partial charge in [-0.25, -0.2) is 12.8 Å². The fourth-order valence-electron chi connectivity index (χ4n) is 7.13. The summed E-state index contributed by atoms with van der Waals surface area (Å²) < 4.78 is 52.4. The summed E-state index contributed by atoms with van der Waals surface area (Å²) in [6.45, 7) is 3.56. The van der Waals surface area contributed by atoms with Gasteiger partial charge in [0.15, 0.2) is 5.69 Å². The topological polar surface area (TPSA) is 118 Å². The smallest absolute Gasteiger partial charge is 0.273 e. The molecule has 1 saturated carbocycles. The molecule has 2 aromatic heterocycles. The van der Waals surface area contributed by atoms with Crippen LogP contribution < -0.4 is 5.32 Å². The van der Waals surface area contributed by atoms with Gasteiger partial charge in [-0.05, 0) is 55.6 Å². The molecular formula is C26H32FN5O5S. The van der Waals surface area contributed by atoms with Crippen molar-refractivity contribution in [3.8, 4) is 0 Å². The molecule has 0 aromatic carbocycles. The molecule has 2 bridgehead atoms. The lowest BCUT2D eigenvalue weighted by Crippen LogP contribution is -2.53. The summed E-state index contributed by atoms with van der Waals surface area (Å²) in [5.41, 5.74) is 1.10. The second kappa shape index (κ2) is 9.35. The van der Waals surface area contributed by atoms with Gasteiger partial charge in [0.1, 0.15) is 11.6 Å². The minimum Gasteiger partial charge on any atom is -0.380 e. The fraction of sp³-hybridized carbons (Fsp3) is 0.654. The number of carbonyl (C=O) groups is 1. The number of amides is 1. The molecule has 4 saturated heterocycles. The summed E-state index contributed by atoms with van der Waals surface area (Å²) in [5.74, 6) is 1.44. The van der Waals surface area contributed by atoms with E-state index in [0.29, 0.717) is 50.2 Å². The molecule has 7 rings (SSSR count). The fourth-order valence-corrected chi connectivity index (χ4v) is 9.57. The minimum atomic E-state index is -3.38. The Labute approximate surface area is 220 Å². The van der Waals surface area contributed by atoms with Crippen molar-refractivity contribution in [1.82, 2.24) is 24.7 Å². The van der Waals surface area contributed by atoms with E-state index in [9.17, 15) is 17.6 Å². The third kappa shape index (κ3) is 4.55. The maximum Gasteiger partial charge on any atom is 0.273 e. The van der Waals surface area contributed by atoms with E-state index in [1.54, 1.807) is 16.4 Å². The molecule has 0 spiro atoms. The first-order chi connectivity index (χ1) is 18.3. The van der Waals surface area contributed by atoms with Crippen molar-refractivity contribution in [2.75, 3.05) is 32.1 Å². The zero-order valence-electron chi connectivity index (χ0n) is 21.0. The maximum atomic E-state index is 13.5. The third-order valence-electron chi connectivity index (χ3n) is 9.15. The first-order valence-electron chi connectivity index (χ1n) is 13.5. The second-order valence-corrected chi connectivity index (χ2v) is 13.6. The zero-order valence-corrected chi connectivity index (χ0v) is 21.9. The Hall–Kier alpha value is -2.41. The molecule has 12 heteroatoms. The lowest BCUT2D eigenvalue weighted by Gasteiger charge is -2.38. The highest BCUT2D eigenvalue weighted by molar-refractivity contribution is 7.89. The van der Waals surface area contributed by atoms with Crippen LogP contribution in [0.15, 0.2) is 28.9 Å². The standard InChI is InChI=1S/C26H32FN5O5S/c27-16-1-2-17(28-8-16)9-31-10-21-22(11-31)23(21)14-38(34,35)32-19-3-4-20(32)6-18(5-19)29-26(33)24-7-25(37-30-24)15-12-36-13-15/h1-2,7-8,15,18-23H,3-6,9-14H2,(H,29,33)/t18?,19-,20+,21-,22+,23?. The van der Waals surface area contributed by atoms with Gasteiger partial charge in [-0.3, -0.25) is 14.7 Å². The van der Waals surface area contributed by atoms with E-state index < -0.39 is 10.0 Å². The van der Waals surface area contributed by atoms with Crippen molar-refractivity contribution in [2.24, 2.45) is 17.8 Å². The number of likely N-dealkylation sites (tertiary alicyclic amines) is 1. The van der Waals surface area contributed by atoms with Crippen molar-refractivity contribution in [2.45, 2.75) is 56.3 Å². The second-order valence-electron chi connectivity index (χ2n) is 11.6. The Kier molecular flexibility index (Phi) is 6.06. The predicted molar refractivity (Wildman–Crippen MR) is 133 cm³/mol. The minimum absolute atomic E-state index is 0.0660. The Morgan fingerprint density at radius 1 is 1.13 bits per heavy atom. The van der Waals surface area contributed by atoms with Crippen molar-refractivity contribution < 1.29 is 26.9 Å². The number of nitrogens with zero attached hydrogens (tertiary/aromatic N) is 4. The Morgan fingerprint density at radius 2 is 1.87 bits per heavy atom. The number of hydrogen-bond donors (Lipinski definition) is 1. The number of halogens is 1. The summed E-state index contributed by atoms with van der Waals surface area (Å²) in [7, 11) is -3.38. The van der Waals surface area contributed by atoms with Crippen LogP contribution in [0.3, 0.4) is 0 Å². The number of sulfonamides is 1. The van der Waals surface area contributed by atoms with Crippen LogP contribution in [0, 0.1) is 23.6 Å². The number of hydrogen-bond acceptors (Lipinski definition) is 8. The lowest BCUT2D eigenvalue weighted by atomic mass is 9.99. The van der Waals surface area contributed by atoms with E-state index in [1.165, 1.54) is 12.3 Å². The monoisotopic (exact) mass is 545 g/mol. The molecule has 2 aromatic rings. The average Bonchev–Trinajstić information content (AvgIpc) is 3.26. The molecule has 5 aliphatic rings. The molecule has 6 atom stereocenters. The quantitative estimate of drug-likeness (QED) is 0.533. The van der Waals surface area contributed by atoms with Crippen LogP contribution in [0.4, 0.5) is 4.39 Å². The molecule has 0 radical (unpaired) electrons. The van der Waals surface area contributed by atoms with Crippen LogP contribution in [0.1, 0.15) is 53.5 Å². The van der Waals surface area contributed by atoms with Crippen LogP contribution in [0.5, 0.6) is 0 Å². The van der Waals surface area contributed by atoms with Gasteiger partial charge < -0.3 is 14.6 Å². The first-order valence-corrected chi connectivity index (χ1v) is 15.1. The lowest BCUT2D eigenvalue weighted by molar-refractivity contribution is -0.00228. The normalized spacial score (nSPS) is 33.2. The number of ether oxygens (including phenoxy) is 1. The molecule has 6 heterocycles. The third-order valence-corrected chi connectivity index (χ3v) is 11.2. The van der Waals surface area contributed by atoms with Crippen LogP contribution in [0.2, 0.25) is 0 Å². The highest BCUT2D eigenvalue weighted by atomic mass is 32.2. The summed E-state index contributed by atoms with van der Waals surface area (Å²) in [5, 5.41) is 6.99. The summed E-state index contributed by atoms with van der Waals surface area (Å²) in [6.07, 6.45) is 4.15. The van der Waals surface area contributed by atoms with Gasteiger partial charge in [0.05, 0.1) is 36.8 Å². The maximum absolute atomic E-state index is 13.5. The average molecular weight is 546 g/mol. The van der Waals surface area contributed by atoms with Gasteiger partial charge in [0.2, 0.25) is 10.0 Å². The predicted octanol–water partition coefficient (Wildman–Crippen LogP) is 1.76. The molecule has 204 valence electrons. The molecule has 1 N–H and O–H groups in total. The number of carbonyl (C=O) groups excluding carboxylic acids is 1. The van der Waals surface area contributed by atoms with Crippen LogP contribution in [-0.2, 0) is 21.3 Å². The van der Waals surface area contributed by atoms with Gasteiger partial charge >= 0.3 is 0 Å². The van der Waals surface area contributed by atoms with Crippen molar-refractivity contribution in [1.29, 1.82) is 0 Å². The van der Waals surface area contributed by atoms with Crippen molar-refractivity contribution >= 4 is 15.9 Å². The summed E-state index contributed by atoms with van der Waals surface area (Å²) >= 11 is 0. The Balaban J connectivity index is 0.918. The molecule has 1 aliphatic carbocycles. The van der Waals surface area contributed by atoms with E-state index in [4.69, 9.17) is 9.26 Å². The molecule has 2 unspecified atom stereocenters. The number of pyridine rings is 1. The highest BCUT2D eigenvalue weighted by Crippen LogP contribution is 2.53. The van der Waals surface area contributed by atoms with Gasteiger partial charge in [0, 0.05) is 43.8 Å². The van der Waals surface area contributed by atoms with E-state index >= 15 is 0 Å². The molecule has 10 nitrogen and oxygen atoms in total. The molecule has 4 aliphatic heterocycles. The molecule has 38 heavy (non-hydrogen) atoms. The number of rotatable bonds is 8. The van der Waals surface area contributed by atoms with E-state index in [2.05, 4.69) is 20.4 Å². The number of fused-ring (bicyclic) bond motifs is 3. The van der Waals surface area contributed by atoms with E-state index in [1.807, 2.05) is 0 Å². The molecular weight excluding hydrogens is 513 g/mol. The summed E-state index contributed by atoms with van der Waals surface area (Å²) in [6, 6.07) is 4.60.